The number of hydrogen-bond acceptors (Lipinski definition) is 2. The molecule has 0 aromatic heterocycles. The SMILES string of the molecule is CCC1CN(CCCC(C)C)C(C)(CC)CN1. The standard InChI is InChI=1S/C15H32N2/c1-6-14-11-17(10-8-9-13(3)4)15(5,7-2)12-16-14/h13-14,16H,6-12H2,1-5H3. The Balaban J connectivity index is 2.49. The van der Waals surface area contributed by atoms with Gasteiger partial charge < -0.3 is 5.32 Å². The van der Waals surface area contributed by atoms with Crippen molar-refractivity contribution in [3.63, 3.8) is 0 Å². The molecule has 2 heteroatoms. The van der Waals surface area contributed by atoms with Gasteiger partial charge in [-0.2, -0.15) is 0 Å². The Morgan fingerprint density at radius 2 is 2.06 bits per heavy atom. The first-order chi connectivity index (χ1) is 8.01. The van der Waals surface area contributed by atoms with E-state index < -0.39 is 0 Å². The van der Waals surface area contributed by atoms with Crippen molar-refractivity contribution in [1.29, 1.82) is 0 Å². The van der Waals surface area contributed by atoms with E-state index in [1.54, 1.807) is 0 Å². The van der Waals surface area contributed by atoms with Crippen molar-refractivity contribution in [3.8, 4) is 0 Å². The minimum Gasteiger partial charge on any atom is -0.311 e. The Morgan fingerprint density at radius 3 is 2.59 bits per heavy atom. The number of nitrogens with zero attached hydrogens (tertiary/aromatic N) is 1. The number of hydrogen-bond donors (Lipinski definition) is 1. The van der Waals surface area contributed by atoms with Gasteiger partial charge in [0.05, 0.1) is 0 Å². The second-order valence-electron chi connectivity index (χ2n) is 6.32. The van der Waals surface area contributed by atoms with Crippen molar-refractivity contribution in [1.82, 2.24) is 10.2 Å². The van der Waals surface area contributed by atoms with E-state index in [0.717, 1.165) is 12.5 Å². The summed E-state index contributed by atoms with van der Waals surface area (Å²) in [6, 6.07) is 0.702. The highest BCUT2D eigenvalue weighted by atomic mass is 15.3. The summed E-state index contributed by atoms with van der Waals surface area (Å²) in [5, 5.41) is 3.70. The Bertz CT molecular complexity index is 215. The first-order valence-corrected chi connectivity index (χ1v) is 7.50. The molecule has 102 valence electrons. The molecule has 1 fully saturated rings. The average Bonchev–Trinajstić information content (AvgIpc) is 2.31. The summed E-state index contributed by atoms with van der Waals surface area (Å²) in [6.07, 6.45) is 5.21. The Labute approximate surface area is 108 Å². The van der Waals surface area contributed by atoms with Gasteiger partial charge in [0.2, 0.25) is 0 Å². The van der Waals surface area contributed by atoms with Gasteiger partial charge >= 0.3 is 0 Å². The van der Waals surface area contributed by atoms with E-state index in [1.165, 1.54) is 38.8 Å². The van der Waals surface area contributed by atoms with E-state index in [4.69, 9.17) is 0 Å². The van der Waals surface area contributed by atoms with Crippen molar-refractivity contribution in [2.24, 2.45) is 5.92 Å². The lowest BCUT2D eigenvalue weighted by atomic mass is 9.91. The molecule has 0 saturated carbocycles. The van der Waals surface area contributed by atoms with Gasteiger partial charge in [-0.3, -0.25) is 4.90 Å². The first-order valence-electron chi connectivity index (χ1n) is 7.50. The normalized spacial score (nSPS) is 31.1. The van der Waals surface area contributed by atoms with Crippen LogP contribution in [0.25, 0.3) is 0 Å². The molecule has 0 amide bonds. The Morgan fingerprint density at radius 1 is 1.35 bits per heavy atom. The van der Waals surface area contributed by atoms with Crippen LogP contribution in [0.4, 0.5) is 0 Å². The van der Waals surface area contributed by atoms with Crippen LogP contribution in [0.3, 0.4) is 0 Å². The van der Waals surface area contributed by atoms with Gasteiger partial charge in [-0.25, -0.2) is 0 Å². The number of nitrogens with one attached hydrogen (secondary N) is 1. The fourth-order valence-electron chi connectivity index (χ4n) is 2.70. The molecule has 0 spiro atoms. The molecule has 2 nitrogen and oxygen atoms in total. The highest BCUT2D eigenvalue weighted by molar-refractivity contribution is 4.94. The maximum Gasteiger partial charge on any atom is 0.0303 e. The maximum atomic E-state index is 3.70. The molecule has 0 aromatic carbocycles. The van der Waals surface area contributed by atoms with Crippen LogP contribution in [0.1, 0.15) is 60.3 Å². The van der Waals surface area contributed by atoms with E-state index >= 15 is 0 Å². The highest BCUT2D eigenvalue weighted by Gasteiger charge is 2.35. The summed E-state index contributed by atoms with van der Waals surface area (Å²) in [5.74, 6) is 0.841. The zero-order chi connectivity index (χ0) is 12.9. The molecule has 17 heavy (non-hydrogen) atoms. The smallest absolute Gasteiger partial charge is 0.0303 e. The summed E-state index contributed by atoms with van der Waals surface area (Å²) >= 11 is 0. The molecule has 1 rings (SSSR count). The number of rotatable bonds is 6. The summed E-state index contributed by atoms with van der Waals surface area (Å²) in [7, 11) is 0. The topological polar surface area (TPSA) is 15.3 Å². The second-order valence-corrected chi connectivity index (χ2v) is 6.32. The Hall–Kier alpha value is -0.0800. The lowest BCUT2D eigenvalue weighted by molar-refractivity contribution is 0.0459. The average molecular weight is 240 g/mol. The minimum atomic E-state index is 0.378. The summed E-state index contributed by atoms with van der Waals surface area (Å²) < 4.78 is 0. The molecule has 2 atom stereocenters. The van der Waals surface area contributed by atoms with Crippen LogP contribution in [-0.2, 0) is 0 Å². The van der Waals surface area contributed by atoms with Crippen molar-refractivity contribution < 1.29 is 0 Å². The van der Waals surface area contributed by atoms with Gasteiger partial charge in [-0.1, -0.05) is 27.7 Å². The Kier molecular flexibility index (Phi) is 5.94. The molecule has 1 aliphatic rings. The van der Waals surface area contributed by atoms with E-state index in [9.17, 15) is 0 Å². The summed E-state index contributed by atoms with van der Waals surface area (Å²) in [5.41, 5.74) is 0.378. The first kappa shape index (κ1) is 15.0. The predicted molar refractivity (Wildman–Crippen MR) is 76.4 cm³/mol. The minimum absolute atomic E-state index is 0.378. The van der Waals surface area contributed by atoms with Gasteiger partial charge in [0.25, 0.3) is 0 Å². The van der Waals surface area contributed by atoms with Crippen LogP contribution >= 0.6 is 0 Å². The van der Waals surface area contributed by atoms with E-state index in [2.05, 4.69) is 44.8 Å². The molecule has 0 bridgehead atoms. The van der Waals surface area contributed by atoms with Gasteiger partial charge in [0, 0.05) is 24.7 Å². The second kappa shape index (κ2) is 6.75. The molecule has 2 unspecified atom stereocenters. The van der Waals surface area contributed by atoms with Crippen molar-refractivity contribution >= 4 is 0 Å². The van der Waals surface area contributed by atoms with Crippen molar-refractivity contribution in [2.45, 2.75) is 71.9 Å². The van der Waals surface area contributed by atoms with Crippen LogP contribution in [-0.4, -0.2) is 36.1 Å². The zero-order valence-electron chi connectivity index (χ0n) is 12.6. The van der Waals surface area contributed by atoms with Gasteiger partial charge in [0.1, 0.15) is 0 Å². The zero-order valence-corrected chi connectivity index (χ0v) is 12.6. The van der Waals surface area contributed by atoms with E-state index in [1.807, 2.05) is 0 Å². The van der Waals surface area contributed by atoms with Crippen LogP contribution in [0.15, 0.2) is 0 Å². The van der Waals surface area contributed by atoms with Gasteiger partial charge in [-0.15, -0.1) is 0 Å². The summed E-state index contributed by atoms with van der Waals surface area (Å²) in [4.78, 5) is 2.74. The van der Waals surface area contributed by atoms with Crippen molar-refractivity contribution in [2.75, 3.05) is 19.6 Å². The third kappa shape index (κ3) is 4.26. The molecule has 0 aromatic rings. The van der Waals surface area contributed by atoms with E-state index in [0.29, 0.717) is 11.6 Å². The molecular formula is C15H32N2. The molecule has 1 N–H and O–H groups in total. The third-order valence-electron chi connectivity index (χ3n) is 4.44. The fourth-order valence-corrected chi connectivity index (χ4v) is 2.70. The fraction of sp³-hybridized carbons (Fsp3) is 1.00. The van der Waals surface area contributed by atoms with Crippen LogP contribution < -0.4 is 5.32 Å². The van der Waals surface area contributed by atoms with Crippen LogP contribution in [0.5, 0.6) is 0 Å². The third-order valence-corrected chi connectivity index (χ3v) is 4.44. The molecular weight excluding hydrogens is 208 g/mol. The van der Waals surface area contributed by atoms with Crippen LogP contribution in [0, 0.1) is 5.92 Å². The quantitative estimate of drug-likeness (QED) is 0.766. The lowest BCUT2D eigenvalue weighted by Gasteiger charge is -2.48. The van der Waals surface area contributed by atoms with Gasteiger partial charge in [-0.05, 0) is 45.1 Å². The monoisotopic (exact) mass is 240 g/mol. The molecule has 1 aliphatic heterocycles. The van der Waals surface area contributed by atoms with E-state index in [-0.39, 0.29) is 0 Å². The highest BCUT2D eigenvalue weighted by Crippen LogP contribution is 2.24. The molecule has 1 heterocycles. The van der Waals surface area contributed by atoms with Crippen LogP contribution in [0.2, 0.25) is 0 Å². The van der Waals surface area contributed by atoms with Crippen molar-refractivity contribution in [3.05, 3.63) is 0 Å². The largest absolute Gasteiger partial charge is 0.311 e. The molecule has 0 aliphatic carbocycles. The molecule has 1 saturated heterocycles. The maximum absolute atomic E-state index is 3.70. The number of piperazine rings is 1. The lowest BCUT2D eigenvalue weighted by Crippen LogP contribution is -2.63. The summed E-state index contributed by atoms with van der Waals surface area (Å²) in [6.45, 7) is 15.4. The van der Waals surface area contributed by atoms with Gasteiger partial charge in [0.15, 0.2) is 0 Å². The predicted octanol–water partition coefficient (Wildman–Crippen LogP) is 3.28. The molecule has 0 radical (unpaired) electrons.